The van der Waals surface area contributed by atoms with Gasteiger partial charge in [-0.15, -0.1) is 10.2 Å². The maximum atomic E-state index is 5.26. The second kappa shape index (κ2) is 11.4. The summed E-state index contributed by atoms with van der Waals surface area (Å²) in [5, 5.41) is 16.9. The molecule has 0 N–H and O–H groups in total. The summed E-state index contributed by atoms with van der Waals surface area (Å²) in [4.78, 5) is 2.19. The summed E-state index contributed by atoms with van der Waals surface area (Å²) in [6.07, 6.45) is 0. The van der Waals surface area contributed by atoms with Gasteiger partial charge in [0, 0.05) is 16.8 Å². The highest BCUT2D eigenvalue weighted by molar-refractivity contribution is 6.16. The van der Waals surface area contributed by atoms with Crippen LogP contribution in [0, 0.1) is 20.8 Å². The van der Waals surface area contributed by atoms with Crippen LogP contribution in [0.1, 0.15) is 27.8 Å². The molecule has 5 nitrogen and oxygen atoms in total. The summed E-state index contributed by atoms with van der Waals surface area (Å²) in [5.74, 6) is 1.62. The Hall–Kier alpha value is -5.29. The molecular weight excluding hydrogens is 502 g/mol. The third-order valence-electron chi connectivity index (χ3n) is 6.98. The van der Waals surface area contributed by atoms with Crippen LogP contribution in [0.15, 0.2) is 155 Å². The van der Waals surface area contributed by atoms with Gasteiger partial charge >= 0.3 is 0 Å². The molecule has 41 heavy (non-hydrogen) atoms. The van der Waals surface area contributed by atoms with Crippen molar-refractivity contribution in [3.8, 4) is 0 Å². The quantitative estimate of drug-likeness (QED) is 0.204. The zero-order valence-corrected chi connectivity index (χ0v) is 23.4. The molecule has 1 aliphatic heterocycles. The second-order valence-corrected chi connectivity index (χ2v) is 10.2. The molecule has 1 aliphatic rings. The summed E-state index contributed by atoms with van der Waals surface area (Å²) < 4.78 is 0. The molecule has 0 fully saturated rings. The van der Waals surface area contributed by atoms with Crippen LogP contribution in [0.25, 0.3) is 5.70 Å². The minimum Gasteiger partial charge on any atom is -0.275 e. The molecule has 0 unspecified atom stereocenters. The zero-order valence-electron chi connectivity index (χ0n) is 23.4. The van der Waals surface area contributed by atoms with Crippen molar-refractivity contribution in [3.05, 3.63) is 167 Å². The lowest BCUT2D eigenvalue weighted by molar-refractivity contribution is 1.01. The van der Waals surface area contributed by atoms with Crippen molar-refractivity contribution < 1.29 is 0 Å². The lowest BCUT2D eigenvalue weighted by atomic mass is 10.1. The van der Waals surface area contributed by atoms with E-state index in [9.17, 15) is 0 Å². The molecule has 200 valence electrons. The predicted octanol–water partition coefficient (Wildman–Crippen LogP) is 9.41. The van der Waals surface area contributed by atoms with E-state index in [-0.39, 0.29) is 0 Å². The van der Waals surface area contributed by atoms with Crippen molar-refractivity contribution >= 4 is 28.6 Å². The van der Waals surface area contributed by atoms with E-state index < -0.39 is 0 Å². The van der Waals surface area contributed by atoms with E-state index in [1.807, 2.05) is 53.5 Å². The Morgan fingerprint density at radius 1 is 0.561 bits per heavy atom. The van der Waals surface area contributed by atoms with Gasteiger partial charge < -0.3 is 0 Å². The van der Waals surface area contributed by atoms with Crippen molar-refractivity contribution in [2.24, 2.45) is 15.3 Å². The molecule has 6 rings (SSSR count). The first-order valence-corrected chi connectivity index (χ1v) is 13.7. The zero-order chi connectivity index (χ0) is 28.2. The summed E-state index contributed by atoms with van der Waals surface area (Å²) in [7, 11) is 0. The number of hydrazone groups is 1. The standard InChI is InChI=1S/C36H31N5/c1-26-14-20-29(21-15-26)34(38-37-31-10-6-4-7-11-31)36-40(32-24-18-28(3)19-25-32)35(30-22-16-27(2)17-23-30)39-41(36)33-12-8-5-9-13-33/h4-25H,1-3H3. The third kappa shape index (κ3) is 5.56. The Morgan fingerprint density at radius 2 is 1.10 bits per heavy atom. The average molecular weight is 534 g/mol. The van der Waals surface area contributed by atoms with Gasteiger partial charge in [-0.25, -0.2) is 5.01 Å². The fourth-order valence-electron chi connectivity index (χ4n) is 4.71. The maximum Gasteiger partial charge on any atom is 0.169 e. The second-order valence-electron chi connectivity index (χ2n) is 10.2. The lowest BCUT2D eigenvalue weighted by Gasteiger charge is -2.26. The summed E-state index contributed by atoms with van der Waals surface area (Å²) in [6, 6.07) is 45.4. The topological polar surface area (TPSA) is 43.6 Å². The van der Waals surface area contributed by atoms with Gasteiger partial charge in [-0.05, 0) is 57.2 Å². The number of benzene rings is 5. The number of rotatable bonds is 6. The van der Waals surface area contributed by atoms with Crippen LogP contribution in [0.2, 0.25) is 0 Å². The van der Waals surface area contributed by atoms with Gasteiger partial charge in [0.1, 0.15) is 5.70 Å². The number of nitrogens with zero attached hydrogens (tertiary/aromatic N) is 5. The third-order valence-corrected chi connectivity index (χ3v) is 6.98. The van der Waals surface area contributed by atoms with Crippen LogP contribution >= 0.6 is 0 Å². The van der Waals surface area contributed by atoms with Crippen LogP contribution in [0.4, 0.5) is 17.1 Å². The number of azo groups is 1. The van der Waals surface area contributed by atoms with E-state index in [2.05, 4.69) is 111 Å². The molecule has 1 heterocycles. The van der Waals surface area contributed by atoms with E-state index in [0.29, 0.717) is 5.70 Å². The summed E-state index contributed by atoms with van der Waals surface area (Å²) in [6.45, 7) is 6.28. The normalized spacial score (nSPS) is 14.5. The molecule has 0 amide bonds. The molecule has 0 radical (unpaired) electrons. The highest BCUT2D eigenvalue weighted by Gasteiger charge is 2.35. The number of hydrogen-bond acceptors (Lipinski definition) is 5. The van der Waals surface area contributed by atoms with Gasteiger partial charge in [-0.1, -0.05) is 114 Å². The number of hydrogen-bond donors (Lipinski definition) is 0. The van der Waals surface area contributed by atoms with Crippen molar-refractivity contribution in [3.63, 3.8) is 0 Å². The molecule has 0 bridgehead atoms. The van der Waals surface area contributed by atoms with Gasteiger partial charge in [0.2, 0.25) is 0 Å². The smallest absolute Gasteiger partial charge is 0.169 e. The Morgan fingerprint density at radius 3 is 1.71 bits per heavy atom. The number of aryl methyl sites for hydroxylation is 3. The largest absolute Gasteiger partial charge is 0.275 e. The highest BCUT2D eigenvalue weighted by atomic mass is 15.6. The van der Waals surface area contributed by atoms with Crippen molar-refractivity contribution in [2.75, 3.05) is 9.91 Å². The average Bonchev–Trinajstić information content (AvgIpc) is 3.40. The monoisotopic (exact) mass is 533 g/mol. The van der Waals surface area contributed by atoms with Gasteiger partial charge in [0.25, 0.3) is 0 Å². The lowest BCUT2D eigenvalue weighted by Crippen LogP contribution is -2.30. The number of amidine groups is 1. The van der Waals surface area contributed by atoms with Gasteiger partial charge in [-0.2, -0.15) is 5.11 Å². The van der Waals surface area contributed by atoms with Crippen LogP contribution < -0.4 is 9.91 Å². The van der Waals surface area contributed by atoms with Crippen LogP contribution in [-0.4, -0.2) is 5.84 Å². The molecule has 0 atom stereocenters. The van der Waals surface area contributed by atoms with E-state index in [0.717, 1.165) is 39.8 Å². The highest BCUT2D eigenvalue weighted by Crippen LogP contribution is 2.39. The van der Waals surface area contributed by atoms with Crippen LogP contribution in [0.5, 0.6) is 0 Å². The molecule has 0 saturated carbocycles. The number of anilines is 2. The van der Waals surface area contributed by atoms with E-state index in [1.165, 1.54) is 16.7 Å². The molecule has 0 spiro atoms. The van der Waals surface area contributed by atoms with E-state index >= 15 is 0 Å². The van der Waals surface area contributed by atoms with Crippen molar-refractivity contribution in [2.45, 2.75) is 20.8 Å². The fourth-order valence-corrected chi connectivity index (χ4v) is 4.71. The molecule has 0 saturated heterocycles. The minimum absolute atomic E-state index is 0.712. The Kier molecular flexibility index (Phi) is 7.25. The van der Waals surface area contributed by atoms with Gasteiger partial charge in [0.05, 0.1) is 11.4 Å². The Bertz CT molecular complexity index is 1720. The molecule has 0 aliphatic carbocycles. The predicted molar refractivity (Wildman–Crippen MR) is 169 cm³/mol. The first kappa shape index (κ1) is 26.0. The van der Waals surface area contributed by atoms with Crippen LogP contribution in [-0.2, 0) is 0 Å². The molecule has 5 aromatic carbocycles. The Balaban J connectivity index is 1.65. The molecule has 0 aromatic heterocycles. The maximum absolute atomic E-state index is 5.26. The van der Waals surface area contributed by atoms with Gasteiger partial charge in [-0.3, -0.25) is 4.90 Å². The van der Waals surface area contributed by atoms with E-state index in [4.69, 9.17) is 15.3 Å². The number of para-hydroxylation sites is 1. The van der Waals surface area contributed by atoms with Crippen molar-refractivity contribution in [1.29, 1.82) is 0 Å². The minimum atomic E-state index is 0.712. The summed E-state index contributed by atoms with van der Waals surface area (Å²) >= 11 is 0. The molecular formula is C36H31N5. The summed E-state index contributed by atoms with van der Waals surface area (Å²) in [5.41, 5.74) is 8.93. The Labute approximate surface area is 241 Å². The van der Waals surface area contributed by atoms with Crippen molar-refractivity contribution in [1.82, 2.24) is 0 Å². The van der Waals surface area contributed by atoms with Gasteiger partial charge in [0.15, 0.2) is 11.7 Å². The first-order valence-electron chi connectivity index (χ1n) is 13.7. The SMILES string of the molecule is Cc1ccc(C2=NN(c3ccccc3)C(=C(N=Nc3ccccc3)c3ccc(C)cc3)N2c2ccc(C)cc2)cc1. The molecule has 5 heteroatoms. The van der Waals surface area contributed by atoms with E-state index in [1.54, 1.807) is 0 Å². The fraction of sp³-hybridized carbons (Fsp3) is 0.0833. The van der Waals surface area contributed by atoms with Crippen LogP contribution in [0.3, 0.4) is 0 Å². The first-order chi connectivity index (χ1) is 20.1. The molecule has 5 aromatic rings.